The molecule has 0 radical (unpaired) electrons. The van der Waals surface area contributed by atoms with E-state index in [-0.39, 0.29) is 10.6 Å². The van der Waals surface area contributed by atoms with Crippen LogP contribution in [0.25, 0.3) is 11.4 Å². The lowest BCUT2D eigenvalue weighted by Crippen LogP contribution is -2.15. The Hall–Kier alpha value is -3.07. The highest BCUT2D eigenvalue weighted by atomic mass is 32.2. The van der Waals surface area contributed by atoms with Crippen molar-refractivity contribution < 1.29 is 14.4 Å². The number of ether oxygens (including phenoxy) is 2. The summed E-state index contributed by atoms with van der Waals surface area (Å²) >= 11 is 1.60. The highest BCUT2D eigenvalue weighted by Gasteiger charge is 2.24. The molecule has 0 spiro atoms. The average Bonchev–Trinajstić information content (AvgIpc) is 3.27. The molecule has 1 heterocycles. The van der Waals surface area contributed by atoms with Gasteiger partial charge in [0, 0.05) is 29.5 Å². The van der Waals surface area contributed by atoms with Crippen LogP contribution in [-0.2, 0) is 5.75 Å². The Bertz CT molecular complexity index is 1080. The number of hydrogen-bond donors (Lipinski definition) is 0. The molecule has 0 N–H and O–H groups in total. The lowest BCUT2D eigenvalue weighted by Gasteiger charge is -2.25. The minimum Gasteiger partial charge on any atom is -0.493 e. The first-order valence-corrected chi connectivity index (χ1v) is 11.6. The Morgan fingerprint density at radius 1 is 1.03 bits per heavy atom. The van der Waals surface area contributed by atoms with Crippen LogP contribution in [0, 0.1) is 10.1 Å². The summed E-state index contributed by atoms with van der Waals surface area (Å²) in [6.07, 6.45) is 5.85. The van der Waals surface area contributed by atoms with Gasteiger partial charge in [-0.3, -0.25) is 14.7 Å². The number of nitro benzene ring substituents is 1. The SMILES string of the molecule is COc1ccc(-c2nnc(SCc3ccc([N+](=O)[O-])cc3)n2C2CCCCC2)cc1OC. The highest BCUT2D eigenvalue weighted by molar-refractivity contribution is 7.98. The Balaban J connectivity index is 1.64. The number of nitro groups is 1. The number of nitrogens with zero attached hydrogens (tertiary/aromatic N) is 4. The first kappa shape index (κ1) is 22.1. The molecule has 168 valence electrons. The molecule has 8 nitrogen and oxygen atoms in total. The number of aromatic nitrogens is 3. The summed E-state index contributed by atoms with van der Waals surface area (Å²) in [6.45, 7) is 0. The first-order valence-electron chi connectivity index (χ1n) is 10.6. The molecule has 1 fully saturated rings. The average molecular weight is 455 g/mol. The van der Waals surface area contributed by atoms with Crippen molar-refractivity contribution in [3.05, 3.63) is 58.1 Å². The van der Waals surface area contributed by atoms with E-state index in [1.807, 2.05) is 18.2 Å². The smallest absolute Gasteiger partial charge is 0.269 e. The zero-order valence-corrected chi connectivity index (χ0v) is 19.0. The monoisotopic (exact) mass is 454 g/mol. The third-order valence-corrected chi connectivity index (χ3v) is 6.78. The van der Waals surface area contributed by atoms with E-state index >= 15 is 0 Å². The number of non-ortho nitro benzene ring substituents is 1. The van der Waals surface area contributed by atoms with Gasteiger partial charge in [0.1, 0.15) is 0 Å². The van der Waals surface area contributed by atoms with Gasteiger partial charge in [0.2, 0.25) is 0 Å². The summed E-state index contributed by atoms with van der Waals surface area (Å²) in [5.74, 6) is 2.81. The summed E-state index contributed by atoms with van der Waals surface area (Å²) in [5, 5.41) is 20.8. The van der Waals surface area contributed by atoms with Gasteiger partial charge in [-0.25, -0.2) is 0 Å². The van der Waals surface area contributed by atoms with Gasteiger partial charge < -0.3 is 9.47 Å². The normalized spacial score (nSPS) is 14.3. The summed E-state index contributed by atoms with van der Waals surface area (Å²) in [4.78, 5) is 10.5. The second kappa shape index (κ2) is 10.0. The van der Waals surface area contributed by atoms with Crippen LogP contribution in [0.4, 0.5) is 5.69 Å². The fraction of sp³-hybridized carbons (Fsp3) is 0.391. The standard InChI is InChI=1S/C23H26N4O4S/c1-30-20-13-10-17(14-21(20)31-2)22-24-25-23(26(22)18-6-4-3-5-7-18)32-15-16-8-11-19(12-9-16)27(28)29/h8-14,18H,3-7,15H2,1-2H3. The molecule has 32 heavy (non-hydrogen) atoms. The molecule has 1 aliphatic rings. The molecular weight excluding hydrogens is 428 g/mol. The maximum atomic E-state index is 10.9. The van der Waals surface area contributed by atoms with E-state index in [4.69, 9.17) is 9.47 Å². The minimum atomic E-state index is -0.383. The van der Waals surface area contributed by atoms with Crippen molar-refractivity contribution in [2.75, 3.05) is 14.2 Å². The van der Waals surface area contributed by atoms with E-state index in [0.29, 0.717) is 23.3 Å². The van der Waals surface area contributed by atoms with Gasteiger partial charge in [0.25, 0.3) is 5.69 Å². The molecule has 9 heteroatoms. The summed E-state index contributed by atoms with van der Waals surface area (Å²) in [5.41, 5.74) is 2.04. The van der Waals surface area contributed by atoms with Gasteiger partial charge >= 0.3 is 0 Å². The van der Waals surface area contributed by atoms with Gasteiger partial charge in [-0.05, 0) is 36.6 Å². The van der Waals surface area contributed by atoms with Crippen LogP contribution in [-0.4, -0.2) is 33.9 Å². The van der Waals surface area contributed by atoms with Crippen molar-refractivity contribution in [2.24, 2.45) is 0 Å². The molecule has 1 aliphatic carbocycles. The third kappa shape index (κ3) is 4.72. The van der Waals surface area contributed by atoms with Crippen LogP contribution in [0.2, 0.25) is 0 Å². The molecule has 0 amide bonds. The number of rotatable bonds is 8. The Labute approximate surface area is 191 Å². The molecular formula is C23H26N4O4S. The molecule has 0 aliphatic heterocycles. The van der Waals surface area contributed by atoms with E-state index in [1.54, 1.807) is 38.1 Å². The molecule has 4 rings (SSSR count). The molecule has 0 saturated heterocycles. The van der Waals surface area contributed by atoms with Crippen molar-refractivity contribution >= 4 is 17.4 Å². The Morgan fingerprint density at radius 2 is 1.75 bits per heavy atom. The van der Waals surface area contributed by atoms with Crippen LogP contribution in [0.15, 0.2) is 47.6 Å². The molecule has 0 bridgehead atoms. The van der Waals surface area contributed by atoms with E-state index in [2.05, 4.69) is 14.8 Å². The van der Waals surface area contributed by atoms with E-state index < -0.39 is 0 Å². The third-order valence-electron chi connectivity index (χ3n) is 5.76. The van der Waals surface area contributed by atoms with E-state index in [9.17, 15) is 10.1 Å². The Morgan fingerprint density at radius 3 is 2.41 bits per heavy atom. The fourth-order valence-corrected chi connectivity index (χ4v) is 5.04. The highest BCUT2D eigenvalue weighted by Crippen LogP contribution is 2.38. The van der Waals surface area contributed by atoms with Crippen molar-refractivity contribution in [3.8, 4) is 22.9 Å². The topological polar surface area (TPSA) is 92.3 Å². The molecule has 0 atom stereocenters. The second-order valence-electron chi connectivity index (χ2n) is 7.75. The van der Waals surface area contributed by atoms with Crippen molar-refractivity contribution in [1.29, 1.82) is 0 Å². The van der Waals surface area contributed by atoms with Gasteiger partial charge in [-0.15, -0.1) is 10.2 Å². The lowest BCUT2D eigenvalue weighted by molar-refractivity contribution is -0.384. The largest absolute Gasteiger partial charge is 0.493 e. The minimum absolute atomic E-state index is 0.0971. The molecule has 1 aromatic heterocycles. The van der Waals surface area contributed by atoms with Crippen molar-refractivity contribution in [1.82, 2.24) is 14.8 Å². The van der Waals surface area contributed by atoms with Crippen molar-refractivity contribution in [2.45, 2.75) is 49.1 Å². The van der Waals surface area contributed by atoms with Crippen LogP contribution in [0.5, 0.6) is 11.5 Å². The lowest BCUT2D eigenvalue weighted by atomic mass is 9.95. The van der Waals surface area contributed by atoms with Crippen LogP contribution >= 0.6 is 11.8 Å². The number of benzene rings is 2. The quantitative estimate of drug-likeness (QED) is 0.246. The van der Waals surface area contributed by atoms with Crippen LogP contribution < -0.4 is 9.47 Å². The molecule has 0 unspecified atom stereocenters. The molecule has 1 saturated carbocycles. The first-order chi connectivity index (χ1) is 15.6. The van der Waals surface area contributed by atoms with Gasteiger partial charge in [-0.1, -0.05) is 43.2 Å². The van der Waals surface area contributed by atoms with E-state index in [0.717, 1.165) is 34.9 Å². The summed E-state index contributed by atoms with van der Waals surface area (Å²) < 4.78 is 13.1. The number of hydrogen-bond acceptors (Lipinski definition) is 7. The molecule has 3 aromatic rings. The fourth-order valence-electron chi connectivity index (χ4n) is 4.08. The maximum absolute atomic E-state index is 10.9. The zero-order chi connectivity index (χ0) is 22.5. The van der Waals surface area contributed by atoms with E-state index in [1.165, 1.54) is 31.4 Å². The Kier molecular flexibility index (Phi) is 6.94. The van der Waals surface area contributed by atoms with Crippen LogP contribution in [0.1, 0.15) is 43.7 Å². The van der Waals surface area contributed by atoms with Crippen LogP contribution in [0.3, 0.4) is 0 Å². The second-order valence-corrected chi connectivity index (χ2v) is 8.69. The van der Waals surface area contributed by atoms with Crippen molar-refractivity contribution in [3.63, 3.8) is 0 Å². The summed E-state index contributed by atoms with van der Waals surface area (Å²) in [7, 11) is 3.24. The predicted octanol–water partition coefficient (Wildman–Crippen LogP) is 5.67. The van der Waals surface area contributed by atoms with Gasteiger partial charge in [0.05, 0.1) is 19.1 Å². The van der Waals surface area contributed by atoms with Gasteiger partial charge in [0.15, 0.2) is 22.5 Å². The summed E-state index contributed by atoms with van der Waals surface area (Å²) in [6, 6.07) is 12.8. The number of methoxy groups -OCH3 is 2. The predicted molar refractivity (Wildman–Crippen MR) is 123 cm³/mol. The van der Waals surface area contributed by atoms with Gasteiger partial charge in [-0.2, -0.15) is 0 Å². The zero-order valence-electron chi connectivity index (χ0n) is 18.2. The molecule has 2 aromatic carbocycles. The maximum Gasteiger partial charge on any atom is 0.269 e. The number of thioether (sulfide) groups is 1.